The van der Waals surface area contributed by atoms with E-state index in [0.717, 1.165) is 10.8 Å². The average Bonchev–Trinajstić information content (AvgIpc) is 2.88. The number of carbonyl (C=O) groups excluding carboxylic acids is 3. The molecule has 0 aliphatic heterocycles. The zero-order valence-corrected chi connectivity index (χ0v) is 24.7. The summed E-state index contributed by atoms with van der Waals surface area (Å²) in [6, 6.07) is 16.2. The smallest absolute Gasteiger partial charge is 0.408 e. The van der Waals surface area contributed by atoms with Crippen molar-refractivity contribution in [1.82, 2.24) is 10.2 Å². The number of benzene rings is 3. The van der Waals surface area contributed by atoms with Gasteiger partial charge in [-0.15, -0.1) is 6.58 Å². The van der Waals surface area contributed by atoms with E-state index >= 15 is 0 Å². The van der Waals surface area contributed by atoms with E-state index in [1.54, 1.807) is 45.9 Å². The second kappa shape index (κ2) is 13.4. The van der Waals surface area contributed by atoms with Gasteiger partial charge in [-0.25, -0.2) is 4.79 Å². The van der Waals surface area contributed by atoms with Crippen LogP contribution in [-0.4, -0.2) is 46.1 Å². The van der Waals surface area contributed by atoms with Crippen LogP contribution in [0.1, 0.15) is 58.2 Å². The summed E-state index contributed by atoms with van der Waals surface area (Å²) in [6.45, 7) is 14.7. The Morgan fingerprint density at radius 3 is 2.32 bits per heavy atom. The minimum Gasteiger partial charge on any atom is -0.508 e. The molecule has 0 fully saturated rings. The molecular weight excluding hydrogens is 518 g/mol. The Kier molecular flexibility index (Phi) is 10.2. The number of carbonyl (C=O) groups is 3. The summed E-state index contributed by atoms with van der Waals surface area (Å²) in [5.41, 5.74) is 0.894. The van der Waals surface area contributed by atoms with Crippen molar-refractivity contribution in [1.29, 1.82) is 0 Å². The van der Waals surface area contributed by atoms with Crippen molar-refractivity contribution in [3.05, 3.63) is 84.4 Å². The van der Waals surface area contributed by atoms with Gasteiger partial charge in [0, 0.05) is 12.2 Å². The van der Waals surface area contributed by atoms with E-state index in [-0.39, 0.29) is 18.2 Å². The van der Waals surface area contributed by atoms with E-state index in [1.807, 2.05) is 56.3 Å². The molecule has 8 heteroatoms. The van der Waals surface area contributed by atoms with Crippen LogP contribution in [0.2, 0.25) is 0 Å². The van der Waals surface area contributed by atoms with Crippen LogP contribution in [0.15, 0.2) is 73.3 Å². The van der Waals surface area contributed by atoms with Crippen LogP contribution in [0, 0.1) is 12.8 Å². The molecule has 0 radical (unpaired) electrons. The zero-order chi connectivity index (χ0) is 30.3. The number of aryl methyl sites for hydroxylation is 1. The number of fused-ring (bicyclic) bond motifs is 1. The highest BCUT2D eigenvalue weighted by atomic mass is 16.6. The van der Waals surface area contributed by atoms with E-state index < -0.39 is 35.6 Å². The average molecular weight is 560 g/mol. The summed E-state index contributed by atoms with van der Waals surface area (Å²) in [7, 11) is 0. The number of ether oxygens (including phenoxy) is 1. The molecule has 0 spiro atoms. The summed E-state index contributed by atoms with van der Waals surface area (Å²) in [5, 5.41) is 17.9. The zero-order valence-electron chi connectivity index (χ0n) is 24.7. The third kappa shape index (κ3) is 8.58. The van der Waals surface area contributed by atoms with Crippen LogP contribution >= 0.6 is 0 Å². The van der Waals surface area contributed by atoms with Crippen molar-refractivity contribution < 1.29 is 24.2 Å². The Morgan fingerprint density at radius 2 is 1.71 bits per heavy atom. The molecule has 0 heterocycles. The summed E-state index contributed by atoms with van der Waals surface area (Å²) >= 11 is 0. The number of anilines is 1. The largest absolute Gasteiger partial charge is 0.508 e. The summed E-state index contributed by atoms with van der Waals surface area (Å²) in [4.78, 5) is 42.3. The number of phenols is 1. The molecule has 3 amide bonds. The van der Waals surface area contributed by atoms with Gasteiger partial charge in [0.05, 0.1) is 0 Å². The number of phenolic OH excluding ortho intramolecular Hbond substituents is 1. The van der Waals surface area contributed by atoms with Gasteiger partial charge >= 0.3 is 6.09 Å². The third-order valence-corrected chi connectivity index (χ3v) is 6.42. The van der Waals surface area contributed by atoms with Crippen molar-refractivity contribution in [3.63, 3.8) is 0 Å². The van der Waals surface area contributed by atoms with Gasteiger partial charge in [-0.05, 0) is 86.2 Å². The highest BCUT2D eigenvalue weighted by Gasteiger charge is 2.36. The lowest BCUT2D eigenvalue weighted by molar-refractivity contribution is -0.140. The molecule has 0 saturated heterocycles. The highest BCUT2D eigenvalue weighted by molar-refractivity contribution is 6.00. The number of nitrogens with one attached hydrogen (secondary N) is 2. The number of hydrogen-bond donors (Lipinski definition) is 3. The van der Waals surface area contributed by atoms with Gasteiger partial charge in [0.15, 0.2) is 0 Å². The molecule has 0 aromatic heterocycles. The molecule has 0 aliphatic rings. The Hall–Kier alpha value is -4.33. The van der Waals surface area contributed by atoms with Crippen molar-refractivity contribution >= 4 is 34.4 Å². The van der Waals surface area contributed by atoms with Gasteiger partial charge in [0.25, 0.3) is 5.91 Å². The molecule has 218 valence electrons. The molecule has 0 saturated carbocycles. The van der Waals surface area contributed by atoms with Crippen molar-refractivity contribution in [2.75, 3.05) is 11.9 Å². The number of amides is 3. The quantitative estimate of drug-likeness (QED) is 0.246. The fraction of sp³-hybridized carbons (Fsp3) is 0.364. The predicted molar refractivity (Wildman–Crippen MR) is 163 cm³/mol. The fourth-order valence-corrected chi connectivity index (χ4v) is 4.60. The van der Waals surface area contributed by atoms with Crippen LogP contribution in [0.4, 0.5) is 10.5 Å². The number of hydrogen-bond acceptors (Lipinski definition) is 5. The second-order valence-electron chi connectivity index (χ2n) is 11.6. The van der Waals surface area contributed by atoms with Crippen molar-refractivity contribution in [2.24, 2.45) is 5.92 Å². The molecule has 2 unspecified atom stereocenters. The highest BCUT2D eigenvalue weighted by Crippen LogP contribution is 2.29. The molecule has 0 aliphatic carbocycles. The Labute approximate surface area is 242 Å². The molecule has 41 heavy (non-hydrogen) atoms. The summed E-state index contributed by atoms with van der Waals surface area (Å²) < 4.78 is 5.43. The SMILES string of the molecule is C=CCN(C(=O)C(CC(C)C)NC(=O)OC(C)(C)C)C(C(=O)Nc1ccc2ccccc2c1)c1ccc(O)c(C)c1. The summed E-state index contributed by atoms with van der Waals surface area (Å²) in [5.74, 6) is -0.756. The Bertz CT molecular complexity index is 1410. The summed E-state index contributed by atoms with van der Waals surface area (Å²) in [6.07, 6.45) is 1.16. The van der Waals surface area contributed by atoms with E-state index in [2.05, 4.69) is 17.2 Å². The first kappa shape index (κ1) is 31.2. The van der Waals surface area contributed by atoms with Crippen LogP contribution in [0.3, 0.4) is 0 Å². The standard InChI is InChI=1S/C33H41N3O5/c1-8-17-36(31(39)27(18-21(2)3)35-32(40)41-33(5,6)7)29(25-14-16-28(37)22(4)19-25)30(38)34-26-15-13-23-11-9-10-12-24(23)20-26/h8-16,19-21,27,29,37H,1,17-18H2,2-7H3,(H,34,38)(H,35,40). The monoisotopic (exact) mass is 559 g/mol. The van der Waals surface area contributed by atoms with Gasteiger partial charge in [-0.3, -0.25) is 9.59 Å². The normalized spacial score (nSPS) is 12.9. The first-order chi connectivity index (χ1) is 19.3. The minimum atomic E-state index is -1.08. The maximum absolute atomic E-state index is 14.1. The maximum Gasteiger partial charge on any atom is 0.408 e. The van der Waals surface area contributed by atoms with E-state index in [9.17, 15) is 19.5 Å². The Morgan fingerprint density at radius 1 is 1.02 bits per heavy atom. The van der Waals surface area contributed by atoms with E-state index in [4.69, 9.17) is 4.74 Å². The number of rotatable bonds is 10. The lowest BCUT2D eigenvalue weighted by Gasteiger charge is -2.34. The predicted octanol–water partition coefficient (Wildman–Crippen LogP) is 6.49. The molecule has 0 bridgehead atoms. The second-order valence-corrected chi connectivity index (χ2v) is 11.6. The molecule has 3 aromatic carbocycles. The minimum absolute atomic E-state index is 0.0408. The van der Waals surface area contributed by atoms with Crippen LogP contribution < -0.4 is 10.6 Å². The van der Waals surface area contributed by atoms with Crippen LogP contribution in [0.25, 0.3) is 10.8 Å². The van der Waals surface area contributed by atoms with Gasteiger partial charge in [0.1, 0.15) is 23.4 Å². The van der Waals surface area contributed by atoms with Gasteiger partial charge in [0.2, 0.25) is 5.91 Å². The van der Waals surface area contributed by atoms with Gasteiger partial charge in [-0.1, -0.05) is 56.3 Å². The van der Waals surface area contributed by atoms with Crippen molar-refractivity contribution in [2.45, 2.75) is 65.6 Å². The topological polar surface area (TPSA) is 108 Å². The van der Waals surface area contributed by atoms with Crippen LogP contribution in [-0.2, 0) is 14.3 Å². The van der Waals surface area contributed by atoms with Gasteiger partial charge < -0.3 is 25.4 Å². The maximum atomic E-state index is 14.1. The fourth-order valence-electron chi connectivity index (χ4n) is 4.60. The molecule has 3 N–H and O–H groups in total. The molecule has 2 atom stereocenters. The third-order valence-electron chi connectivity index (χ3n) is 6.42. The molecule has 3 aromatic rings. The van der Waals surface area contributed by atoms with E-state index in [0.29, 0.717) is 23.2 Å². The number of aromatic hydroxyl groups is 1. The number of alkyl carbamates (subject to hydrolysis) is 1. The van der Waals surface area contributed by atoms with Crippen molar-refractivity contribution in [3.8, 4) is 5.75 Å². The molecule has 8 nitrogen and oxygen atoms in total. The lowest BCUT2D eigenvalue weighted by Crippen LogP contribution is -2.52. The Balaban J connectivity index is 2.03. The first-order valence-electron chi connectivity index (χ1n) is 13.8. The van der Waals surface area contributed by atoms with Gasteiger partial charge in [-0.2, -0.15) is 0 Å². The number of nitrogens with zero attached hydrogens (tertiary/aromatic N) is 1. The first-order valence-corrected chi connectivity index (χ1v) is 13.8. The lowest BCUT2D eigenvalue weighted by atomic mass is 9.98. The molecular formula is C33H41N3O5. The molecule has 3 rings (SSSR count). The van der Waals surface area contributed by atoms with E-state index in [1.165, 1.54) is 11.0 Å². The van der Waals surface area contributed by atoms with Crippen LogP contribution in [0.5, 0.6) is 5.75 Å².